The molecule has 1 nitrogen and oxygen atoms in total. The molecule has 0 aliphatic rings. The highest BCUT2D eigenvalue weighted by Gasteiger charge is 2.17. The first-order chi connectivity index (χ1) is 8.58. The fraction of sp³-hybridized carbons (Fsp3) is 0.143. The van der Waals surface area contributed by atoms with Crippen molar-refractivity contribution in [1.29, 1.82) is 0 Å². The third-order valence-corrected chi connectivity index (χ3v) is 4.39. The van der Waals surface area contributed by atoms with Gasteiger partial charge >= 0.3 is 0 Å². The molecule has 0 aromatic heterocycles. The SMILES string of the molecule is CS(=O)C(c1ccc(Cl)cc1)c1ccc(Cl)cc1. The quantitative estimate of drug-likeness (QED) is 0.817. The van der Waals surface area contributed by atoms with Crippen LogP contribution < -0.4 is 0 Å². The van der Waals surface area contributed by atoms with Gasteiger partial charge in [0.15, 0.2) is 0 Å². The van der Waals surface area contributed by atoms with Crippen LogP contribution in [0, 0.1) is 0 Å². The van der Waals surface area contributed by atoms with Crippen molar-refractivity contribution < 1.29 is 4.21 Å². The van der Waals surface area contributed by atoms with E-state index in [0.29, 0.717) is 10.0 Å². The molecule has 0 N–H and O–H groups in total. The molecule has 0 radical (unpaired) electrons. The van der Waals surface area contributed by atoms with Gasteiger partial charge in [-0.3, -0.25) is 4.21 Å². The topological polar surface area (TPSA) is 17.1 Å². The van der Waals surface area contributed by atoms with Crippen LogP contribution in [0.3, 0.4) is 0 Å². The molecule has 0 amide bonds. The van der Waals surface area contributed by atoms with E-state index >= 15 is 0 Å². The van der Waals surface area contributed by atoms with Crippen molar-refractivity contribution in [2.24, 2.45) is 0 Å². The van der Waals surface area contributed by atoms with Gasteiger partial charge in [0.1, 0.15) is 0 Å². The molecule has 94 valence electrons. The Bertz CT molecular complexity index is 504. The minimum atomic E-state index is -1.00. The summed E-state index contributed by atoms with van der Waals surface area (Å²) in [6.45, 7) is 0. The van der Waals surface area contributed by atoms with E-state index < -0.39 is 10.8 Å². The lowest BCUT2D eigenvalue weighted by Gasteiger charge is -2.15. The van der Waals surface area contributed by atoms with Gasteiger partial charge in [-0.1, -0.05) is 47.5 Å². The molecule has 0 bridgehead atoms. The lowest BCUT2D eigenvalue weighted by atomic mass is 10.0. The van der Waals surface area contributed by atoms with E-state index in [1.54, 1.807) is 6.26 Å². The molecular formula is C14H12Cl2OS. The summed E-state index contributed by atoms with van der Waals surface area (Å²) in [6.07, 6.45) is 1.70. The molecule has 0 saturated heterocycles. The van der Waals surface area contributed by atoms with Gasteiger partial charge in [-0.15, -0.1) is 0 Å². The third kappa shape index (κ3) is 3.14. The summed E-state index contributed by atoms with van der Waals surface area (Å²) in [5.74, 6) is 0. The molecular weight excluding hydrogens is 287 g/mol. The molecule has 2 rings (SSSR count). The van der Waals surface area contributed by atoms with E-state index in [-0.39, 0.29) is 5.25 Å². The minimum absolute atomic E-state index is 0.153. The Morgan fingerprint density at radius 2 is 1.17 bits per heavy atom. The summed E-state index contributed by atoms with van der Waals surface area (Å²) in [6, 6.07) is 14.9. The van der Waals surface area contributed by atoms with E-state index in [0.717, 1.165) is 11.1 Å². The van der Waals surface area contributed by atoms with Crippen LogP contribution in [0.25, 0.3) is 0 Å². The molecule has 0 aliphatic carbocycles. The van der Waals surface area contributed by atoms with Crippen LogP contribution in [0.5, 0.6) is 0 Å². The molecule has 18 heavy (non-hydrogen) atoms. The summed E-state index contributed by atoms with van der Waals surface area (Å²) >= 11 is 11.7. The van der Waals surface area contributed by atoms with E-state index in [1.165, 1.54) is 0 Å². The van der Waals surface area contributed by atoms with Crippen LogP contribution in [-0.4, -0.2) is 10.5 Å². The van der Waals surface area contributed by atoms with E-state index in [2.05, 4.69) is 0 Å². The van der Waals surface area contributed by atoms with Gasteiger partial charge in [-0.05, 0) is 35.4 Å². The Balaban J connectivity index is 2.43. The zero-order valence-electron chi connectivity index (χ0n) is 9.77. The predicted octanol–water partition coefficient (Wildman–Crippen LogP) is 4.46. The fourth-order valence-corrected chi connectivity index (χ4v) is 3.18. The maximum absolute atomic E-state index is 12.0. The molecule has 4 heteroatoms. The zero-order valence-corrected chi connectivity index (χ0v) is 12.1. The van der Waals surface area contributed by atoms with Crippen molar-refractivity contribution in [3.05, 3.63) is 69.7 Å². The van der Waals surface area contributed by atoms with Gasteiger partial charge in [0.05, 0.1) is 5.25 Å². The molecule has 0 spiro atoms. The monoisotopic (exact) mass is 298 g/mol. The van der Waals surface area contributed by atoms with E-state index in [4.69, 9.17) is 23.2 Å². The highest BCUT2D eigenvalue weighted by molar-refractivity contribution is 7.84. The molecule has 0 heterocycles. The van der Waals surface area contributed by atoms with Gasteiger partial charge in [0, 0.05) is 27.1 Å². The van der Waals surface area contributed by atoms with Crippen LogP contribution in [0.4, 0.5) is 0 Å². The maximum Gasteiger partial charge on any atom is 0.0843 e. The first kappa shape index (κ1) is 13.6. The first-order valence-electron chi connectivity index (χ1n) is 5.41. The number of hydrogen-bond donors (Lipinski definition) is 0. The lowest BCUT2D eigenvalue weighted by molar-refractivity contribution is 0.682. The Labute approximate surface area is 119 Å². The van der Waals surface area contributed by atoms with Gasteiger partial charge in [0.2, 0.25) is 0 Å². The summed E-state index contributed by atoms with van der Waals surface area (Å²) in [7, 11) is -1.00. The Hall–Kier alpha value is -0.830. The molecule has 2 aromatic rings. The minimum Gasteiger partial charge on any atom is -0.259 e. The molecule has 1 unspecified atom stereocenters. The van der Waals surface area contributed by atoms with Crippen molar-refractivity contribution >= 4 is 34.0 Å². The fourth-order valence-electron chi connectivity index (χ4n) is 1.85. The van der Waals surface area contributed by atoms with Gasteiger partial charge in [0.25, 0.3) is 0 Å². The lowest BCUT2D eigenvalue weighted by Crippen LogP contribution is -2.06. The van der Waals surface area contributed by atoms with E-state index in [1.807, 2.05) is 48.5 Å². The highest BCUT2D eigenvalue weighted by Crippen LogP contribution is 2.29. The average Bonchev–Trinajstić information content (AvgIpc) is 2.34. The smallest absolute Gasteiger partial charge is 0.0843 e. The van der Waals surface area contributed by atoms with Crippen molar-refractivity contribution in [2.75, 3.05) is 6.26 Å². The molecule has 0 aliphatic heterocycles. The number of hydrogen-bond acceptors (Lipinski definition) is 1. The van der Waals surface area contributed by atoms with Crippen LogP contribution in [0.15, 0.2) is 48.5 Å². The van der Waals surface area contributed by atoms with Crippen molar-refractivity contribution in [3.8, 4) is 0 Å². The van der Waals surface area contributed by atoms with Gasteiger partial charge in [-0.2, -0.15) is 0 Å². The predicted molar refractivity (Wildman–Crippen MR) is 78.8 cm³/mol. The van der Waals surface area contributed by atoms with Crippen LogP contribution in [0.2, 0.25) is 10.0 Å². The Kier molecular flexibility index (Phi) is 4.44. The number of rotatable bonds is 3. The Morgan fingerprint density at radius 1 is 0.833 bits per heavy atom. The standard InChI is InChI=1S/C14H12Cl2OS/c1-18(17)14(10-2-6-12(15)7-3-10)11-4-8-13(16)9-5-11/h2-9,14H,1H3. The van der Waals surface area contributed by atoms with Crippen molar-refractivity contribution in [1.82, 2.24) is 0 Å². The van der Waals surface area contributed by atoms with Crippen LogP contribution in [-0.2, 0) is 10.8 Å². The second-order valence-electron chi connectivity index (χ2n) is 3.98. The second-order valence-corrected chi connectivity index (χ2v) is 6.32. The maximum atomic E-state index is 12.0. The first-order valence-corrected chi connectivity index (χ1v) is 7.79. The number of halogens is 2. The molecule has 0 saturated carbocycles. The summed E-state index contributed by atoms with van der Waals surface area (Å²) in [5, 5.41) is 1.20. The third-order valence-electron chi connectivity index (χ3n) is 2.68. The number of benzene rings is 2. The Morgan fingerprint density at radius 3 is 1.44 bits per heavy atom. The highest BCUT2D eigenvalue weighted by atomic mass is 35.5. The largest absolute Gasteiger partial charge is 0.259 e. The molecule has 2 aromatic carbocycles. The van der Waals surface area contributed by atoms with Crippen LogP contribution in [0.1, 0.15) is 16.4 Å². The molecule has 1 atom stereocenters. The van der Waals surface area contributed by atoms with Crippen molar-refractivity contribution in [3.63, 3.8) is 0 Å². The summed E-state index contributed by atoms with van der Waals surface area (Å²) < 4.78 is 12.0. The van der Waals surface area contributed by atoms with Crippen LogP contribution >= 0.6 is 23.2 Å². The van der Waals surface area contributed by atoms with Crippen molar-refractivity contribution in [2.45, 2.75) is 5.25 Å². The van der Waals surface area contributed by atoms with E-state index in [9.17, 15) is 4.21 Å². The van der Waals surface area contributed by atoms with Gasteiger partial charge in [-0.25, -0.2) is 0 Å². The summed E-state index contributed by atoms with van der Waals surface area (Å²) in [5.41, 5.74) is 1.98. The summed E-state index contributed by atoms with van der Waals surface area (Å²) in [4.78, 5) is 0. The normalized spacial score (nSPS) is 12.7. The second kappa shape index (κ2) is 5.87. The average molecular weight is 299 g/mol. The van der Waals surface area contributed by atoms with Gasteiger partial charge < -0.3 is 0 Å². The molecule has 0 fully saturated rings. The zero-order chi connectivity index (χ0) is 13.1.